The van der Waals surface area contributed by atoms with Crippen LogP contribution in [0.25, 0.3) is 0 Å². The van der Waals surface area contributed by atoms with Crippen molar-refractivity contribution in [2.45, 2.75) is 70.0 Å². The lowest BCUT2D eigenvalue weighted by Crippen LogP contribution is -2.34. The maximum absolute atomic E-state index is 14.2. The van der Waals surface area contributed by atoms with E-state index < -0.39 is 21.7 Å². The number of nitrogens with one attached hydrogen (secondary N) is 2. The molecule has 2 aliphatic rings. The molecule has 0 bridgehead atoms. The van der Waals surface area contributed by atoms with E-state index >= 15 is 0 Å². The molecule has 0 spiro atoms. The highest BCUT2D eigenvalue weighted by molar-refractivity contribution is 7.89. The van der Waals surface area contributed by atoms with Crippen molar-refractivity contribution in [2.24, 2.45) is 5.10 Å². The Hall–Kier alpha value is -2.29. The SMILES string of the molecule is Cc1c(C)c(S(=O)(=O)NC(C2=NNC(c3ccc(Cl)cc3)C2)c2ccc(Cl)cc2Cl)c(C)c2c1OC(C)(C)C2. The van der Waals surface area contributed by atoms with Crippen LogP contribution in [0.15, 0.2) is 52.5 Å². The predicted octanol–water partition coefficient (Wildman–Crippen LogP) is 7.40. The van der Waals surface area contributed by atoms with Gasteiger partial charge in [-0.2, -0.15) is 9.82 Å². The van der Waals surface area contributed by atoms with Gasteiger partial charge in [-0.3, -0.25) is 0 Å². The Labute approximate surface area is 244 Å². The minimum absolute atomic E-state index is 0.138. The van der Waals surface area contributed by atoms with Crippen LogP contribution in [0.5, 0.6) is 5.75 Å². The molecule has 3 aromatic rings. The summed E-state index contributed by atoms with van der Waals surface area (Å²) in [6.45, 7) is 9.59. The number of sulfonamides is 1. The van der Waals surface area contributed by atoms with Crippen molar-refractivity contribution in [3.8, 4) is 5.75 Å². The van der Waals surface area contributed by atoms with Gasteiger partial charge in [-0.05, 0) is 86.7 Å². The summed E-state index contributed by atoms with van der Waals surface area (Å²) in [5, 5.41) is 6.01. The minimum atomic E-state index is -4.03. The highest BCUT2D eigenvalue weighted by Crippen LogP contribution is 2.44. The summed E-state index contributed by atoms with van der Waals surface area (Å²) in [4.78, 5) is 0.260. The Morgan fingerprint density at radius 3 is 2.33 bits per heavy atom. The van der Waals surface area contributed by atoms with Crippen LogP contribution in [0.1, 0.15) is 65.7 Å². The molecule has 3 aromatic carbocycles. The number of hydrazone groups is 1. The fourth-order valence-corrected chi connectivity index (χ4v) is 7.86. The number of hydrogen-bond acceptors (Lipinski definition) is 5. The van der Waals surface area contributed by atoms with Gasteiger partial charge in [-0.15, -0.1) is 0 Å². The van der Waals surface area contributed by atoms with Gasteiger partial charge in [0.1, 0.15) is 11.4 Å². The van der Waals surface area contributed by atoms with Gasteiger partial charge in [0.15, 0.2) is 0 Å². The van der Waals surface area contributed by atoms with Crippen LogP contribution in [-0.4, -0.2) is 19.7 Å². The Balaban J connectivity index is 1.55. The molecule has 206 valence electrons. The molecule has 0 saturated heterocycles. The lowest BCUT2D eigenvalue weighted by molar-refractivity contribution is 0.137. The van der Waals surface area contributed by atoms with Crippen LogP contribution >= 0.6 is 34.8 Å². The summed E-state index contributed by atoms with van der Waals surface area (Å²) < 4.78 is 37.5. The summed E-state index contributed by atoms with van der Waals surface area (Å²) in [6, 6.07) is 11.6. The second kappa shape index (κ2) is 10.3. The Morgan fingerprint density at radius 2 is 1.67 bits per heavy atom. The molecule has 10 heteroatoms. The summed E-state index contributed by atoms with van der Waals surface area (Å²) in [6.07, 6.45) is 1.10. The molecule has 0 fully saturated rings. The molecule has 0 aromatic heterocycles. The van der Waals surface area contributed by atoms with Crippen LogP contribution in [0.4, 0.5) is 0 Å². The van der Waals surface area contributed by atoms with E-state index in [4.69, 9.17) is 39.5 Å². The van der Waals surface area contributed by atoms with Gasteiger partial charge < -0.3 is 10.2 Å². The number of hydrogen-bond donors (Lipinski definition) is 2. The molecule has 2 aliphatic heterocycles. The van der Waals surface area contributed by atoms with Crippen LogP contribution in [0.2, 0.25) is 15.1 Å². The Bertz CT molecular complexity index is 1600. The lowest BCUT2D eigenvalue weighted by Gasteiger charge is -2.23. The Kier molecular flexibility index (Phi) is 7.44. The van der Waals surface area contributed by atoms with Crippen molar-refractivity contribution in [1.82, 2.24) is 10.1 Å². The third-order valence-corrected chi connectivity index (χ3v) is 10.0. The van der Waals surface area contributed by atoms with Crippen molar-refractivity contribution < 1.29 is 13.2 Å². The maximum atomic E-state index is 14.2. The largest absolute Gasteiger partial charge is 0.487 e. The third-order valence-electron chi connectivity index (χ3n) is 7.49. The molecule has 2 unspecified atom stereocenters. The molecule has 2 heterocycles. The summed E-state index contributed by atoms with van der Waals surface area (Å²) in [5.41, 5.74) is 8.01. The molecule has 5 rings (SSSR count). The van der Waals surface area contributed by atoms with E-state index in [0.29, 0.717) is 50.3 Å². The monoisotopic (exact) mass is 605 g/mol. The van der Waals surface area contributed by atoms with Gasteiger partial charge in [0, 0.05) is 33.5 Å². The maximum Gasteiger partial charge on any atom is 0.242 e. The Morgan fingerprint density at radius 1 is 1.00 bits per heavy atom. The van der Waals surface area contributed by atoms with Crippen LogP contribution in [0, 0.1) is 20.8 Å². The number of rotatable bonds is 6. The smallest absolute Gasteiger partial charge is 0.242 e. The van der Waals surface area contributed by atoms with E-state index in [0.717, 1.165) is 22.4 Å². The van der Waals surface area contributed by atoms with Gasteiger partial charge in [0.05, 0.1) is 22.7 Å². The first-order valence-electron chi connectivity index (χ1n) is 12.6. The molecule has 2 atom stereocenters. The zero-order valence-electron chi connectivity index (χ0n) is 22.3. The van der Waals surface area contributed by atoms with Crippen molar-refractivity contribution in [3.05, 3.63) is 90.9 Å². The van der Waals surface area contributed by atoms with E-state index in [2.05, 4.69) is 15.2 Å². The highest BCUT2D eigenvalue weighted by Gasteiger charge is 2.38. The molecule has 0 aliphatic carbocycles. The average molecular weight is 607 g/mol. The van der Waals surface area contributed by atoms with E-state index in [1.165, 1.54) is 0 Å². The van der Waals surface area contributed by atoms with E-state index in [1.807, 2.05) is 58.9 Å². The molecule has 0 radical (unpaired) electrons. The summed E-state index contributed by atoms with van der Waals surface area (Å²) >= 11 is 18.9. The zero-order chi connectivity index (χ0) is 28.3. The van der Waals surface area contributed by atoms with Crippen LogP contribution in [0.3, 0.4) is 0 Å². The molecule has 0 saturated carbocycles. The van der Waals surface area contributed by atoms with E-state index in [1.54, 1.807) is 18.2 Å². The second-order valence-corrected chi connectivity index (χ2v) is 13.7. The van der Waals surface area contributed by atoms with Crippen molar-refractivity contribution in [1.29, 1.82) is 0 Å². The lowest BCUT2D eigenvalue weighted by atomic mass is 9.94. The number of halogens is 3. The molecule has 6 nitrogen and oxygen atoms in total. The highest BCUT2D eigenvalue weighted by atomic mass is 35.5. The van der Waals surface area contributed by atoms with Gasteiger partial charge in [0.25, 0.3) is 0 Å². The topological polar surface area (TPSA) is 79.8 Å². The molecule has 2 N–H and O–H groups in total. The first-order valence-corrected chi connectivity index (χ1v) is 15.3. The minimum Gasteiger partial charge on any atom is -0.487 e. The van der Waals surface area contributed by atoms with Crippen molar-refractivity contribution in [3.63, 3.8) is 0 Å². The molecule has 39 heavy (non-hydrogen) atoms. The predicted molar refractivity (Wildman–Crippen MR) is 158 cm³/mol. The first kappa shape index (κ1) is 28.2. The van der Waals surface area contributed by atoms with Crippen molar-refractivity contribution >= 4 is 50.5 Å². The van der Waals surface area contributed by atoms with E-state index in [-0.39, 0.29) is 10.9 Å². The fraction of sp³-hybridized carbons (Fsp3) is 0.345. The molecular formula is C29H30Cl3N3O3S. The normalized spacial score (nSPS) is 18.8. The molecule has 0 amide bonds. The van der Waals surface area contributed by atoms with Crippen LogP contribution in [-0.2, 0) is 16.4 Å². The van der Waals surface area contributed by atoms with Gasteiger partial charge in [-0.25, -0.2) is 8.42 Å². The fourth-order valence-electron chi connectivity index (χ4n) is 5.44. The number of ether oxygens (including phenoxy) is 1. The second-order valence-electron chi connectivity index (χ2n) is 10.8. The van der Waals surface area contributed by atoms with Gasteiger partial charge in [0.2, 0.25) is 10.0 Å². The zero-order valence-corrected chi connectivity index (χ0v) is 25.4. The summed E-state index contributed by atoms with van der Waals surface area (Å²) in [7, 11) is -4.03. The standard InChI is InChI=1S/C29H30Cl3N3O3S/c1-15-16(2)28(17(3)22-14-29(4,5)38-27(15)22)39(36,37)35-26(21-11-10-20(31)12-23(21)32)25-13-24(33-34-25)18-6-8-19(30)9-7-18/h6-12,24,26,33,35H,13-14H2,1-5H3. The van der Waals surface area contributed by atoms with Gasteiger partial charge >= 0.3 is 0 Å². The van der Waals surface area contributed by atoms with Crippen LogP contribution < -0.4 is 14.9 Å². The summed E-state index contributed by atoms with van der Waals surface area (Å²) in [5.74, 6) is 0.779. The first-order chi connectivity index (χ1) is 18.3. The third kappa shape index (κ3) is 5.40. The molecular weight excluding hydrogens is 577 g/mol. The van der Waals surface area contributed by atoms with E-state index in [9.17, 15) is 8.42 Å². The number of benzene rings is 3. The average Bonchev–Trinajstić information content (AvgIpc) is 3.47. The van der Waals surface area contributed by atoms with Crippen molar-refractivity contribution in [2.75, 3.05) is 0 Å². The quantitative estimate of drug-likeness (QED) is 0.307. The number of fused-ring (bicyclic) bond motifs is 1. The number of nitrogens with zero attached hydrogens (tertiary/aromatic N) is 1. The van der Waals surface area contributed by atoms with Gasteiger partial charge in [-0.1, -0.05) is 53.0 Å².